The van der Waals surface area contributed by atoms with E-state index in [4.69, 9.17) is 42.1 Å². The molecule has 0 aliphatic rings. The zero-order chi connectivity index (χ0) is 38.4. The summed E-state index contributed by atoms with van der Waals surface area (Å²) < 4.78 is 98.4. The second-order valence-electron chi connectivity index (χ2n) is 10.0. The number of alkyl halides is 6. The van der Waals surface area contributed by atoms with Crippen LogP contribution in [0.4, 0.5) is 37.7 Å². The topological polar surface area (TPSA) is 157 Å². The number of carbonyl (C=O) groups excluding carboxylic acids is 2. The number of nitrogens with zero attached hydrogens (tertiary/aromatic N) is 2. The quantitative estimate of drug-likeness (QED) is 0.0446. The summed E-state index contributed by atoms with van der Waals surface area (Å²) in [6.45, 7) is -1.03. The summed E-state index contributed by atoms with van der Waals surface area (Å²) in [5.74, 6) is -3.31. The Hall–Kier alpha value is -5.88. The average Bonchev–Trinajstić information content (AvgIpc) is 3.06. The standard InChI is InChI=1S/C32H18Cl2F6N2O10/c33-23-13-17(31(35,36)37)3-9-27(23)51-19-5-7-25(41(45)46)21(15-19)29(43)49-11-1-2-12-50-30(44)22-16-20(6-8-26(22)42(47)48)52-28-10-4-18(14-24(28)34)32(38,39)40/h1-10,13-16H,11-12H2/b2-1+. The fourth-order valence-electron chi connectivity index (χ4n) is 4.12. The molecule has 0 aliphatic heterocycles. The molecule has 0 fully saturated rings. The predicted molar refractivity (Wildman–Crippen MR) is 169 cm³/mol. The van der Waals surface area contributed by atoms with Crippen LogP contribution in [0.3, 0.4) is 0 Å². The highest BCUT2D eigenvalue weighted by Crippen LogP contribution is 2.39. The van der Waals surface area contributed by atoms with Gasteiger partial charge in [0.05, 0.1) is 31.0 Å². The molecule has 12 nitrogen and oxygen atoms in total. The third-order valence-corrected chi connectivity index (χ3v) is 7.12. The number of hydrogen-bond acceptors (Lipinski definition) is 10. The van der Waals surface area contributed by atoms with Gasteiger partial charge in [-0.2, -0.15) is 26.3 Å². The van der Waals surface area contributed by atoms with Crippen LogP contribution in [-0.2, 0) is 21.8 Å². The molecule has 0 N–H and O–H groups in total. The molecule has 0 atom stereocenters. The van der Waals surface area contributed by atoms with E-state index < -0.39 is 91.0 Å². The SMILES string of the molecule is O=C(OC/C=C/COC(=O)c1cc(Oc2ccc(C(F)(F)F)cc2Cl)ccc1[N+](=O)[O-])c1cc(Oc2ccc(C(F)(F)F)cc2Cl)ccc1[N+](=O)[O-]. The number of halogens is 8. The van der Waals surface area contributed by atoms with Crippen molar-refractivity contribution in [2.24, 2.45) is 0 Å². The molecular weight excluding hydrogens is 757 g/mol. The molecule has 0 heterocycles. The highest BCUT2D eigenvalue weighted by atomic mass is 35.5. The minimum Gasteiger partial charge on any atom is -0.458 e. The van der Waals surface area contributed by atoms with E-state index in [9.17, 15) is 56.2 Å². The maximum atomic E-state index is 12.9. The van der Waals surface area contributed by atoms with Crippen LogP contribution in [0.5, 0.6) is 23.0 Å². The third-order valence-electron chi connectivity index (χ3n) is 6.53. The van der Waals surface area contributed by atoms with Crippen molar-refractivity contribution < 1.29 is 64.7 Å². The molecule has 0 radical (unpaired) electrons. The normalized spacial score (nSPS) is 11.6. The van der Waals surface area contributed by atoms with E-state index in [1.165, 1.54) is 12.2 Å². The first kappa shape index (κ1) is 38.9. The van der Waals surface area contributed by atoms with Crippen molar-refractivity contribution in [3.63, 3.8) is 0 Å². The smallest absolute Gasteiger partial charge is 0.416 e. The lowest BCUT2D eigenvalue weighted by Crippen LogP contribution is -2.10. The Morgan fingerprint density at radius 3 is 1.29 bits per heavy atom. The first-order valence-electron chi connectivity index (χ1n) is 14.0. The molecule has 0 unspecified atom stereocenters. The van der Waals surface area contributed by atoms with Crippen molar-refractivity contribution in [3.05, 3.63) is 137 Å². The van der Waals surface area contributed by atoms with Crippen molar-refractivity contribution in [1.82, 2.24) is 0 Å². The average molecular weight is 775 g/mol. The minimum absolute atomic E-state index is 0.201. The largest absolute Gasteiger partial charge is 0.458 e. The highest BCUT2D eigenvalue weighted by Gasteiger charge is 2.32. The molecule has 0 amide bonds. The Kier molecular flexibility index (Phi) is 12.0. The van der Waals surface area contributed by atoms with Crippen LogP contribution in [0.2, 0.25) is 10.0 Å². The molecule has 52 heavy (non-hydrogen) atoms. The molecule has 4 aromatic carbocycles. The highest BCUT2D eigenvalue weighted by molar-refractivity contribution is 6.32. The van der Waals surface area contributed by atoms with Gasteiger partial charge in [-0.1, -0.05) is 23.2 Å². The van der Waals surface area contributed by atoms with Gasteiger partial charge in [-0.25, -0.2) is 9.59 Å². The number of rotatable bonds is 12. The number of nitro benzene ring substituents is 2. The summed E-state index contributed by atoms with van der Waals surface area (Å²) in [7, 11) is 0. The number of hydrogen-bond donors (Lipinski definition) is 0. The number of esters is 2. The number of carbonyl (C=O) groups is 2. The lowest BCUT2D eigenvalue weighted by molar-refractivity contribution is -0.385. The van der Waals surface area contributed by atoms with Crippen LogP contribution in [0.1, 0.15) is 31.8 Å². The third kappa shape index (κ3) is 9.88. The summed E-state index contributed by atoms with van der Waals surface area (Å²) in [5.41, 5.74) is -4.66. The molecule has 0 saturated heterocycles. The Morgan fingerprint density at radius 1 is 0.615 bits per heavy atom. The summed E-state index contributed by atoms with van der Waals surface area (Å²) in [6, 6.07) is 10.2. The van der Waals surface area contributed by atoms with Gasteiger partial charge in [-0.05, 0) is 60.7 Å². The lowest BCUT2D eigenvalue weighted by Gasteiger charge is -2.12. The van der Waals surface area contributed by atoms with E-state index in [0.717, 1.165) is 48.5 Å². The Bertz CT molecular complexity index is 1930. The summed E-state index contributed by atoms with van der Waals surface area (Å²) in [5, 5.41) is 22.1. The van der Waals surface area contributed by atoms with Crippen LogP contribution in [0.15, 0.2) is 84.9 Å². The van der Waals surface area contributed by atoms with Gasteiger partial charge in [0.25, 0.3) is 11.4 Å². The zero-order valence-corrected chi connectivity index (χ0v) is 27.0. The fraction of sp³-hybridized carbons (Fsp3) is 0.125. The van der Waals surface area contributed by atoms with Gasteiger partial charge in [-0.3, -0.25) is 20.2 Å². The van der Waals surface area contributed by atoms with Crippen molar-refractivity contribution in [2.75, 3.05) is 13.2 Å². The van der Waals surface area contributed by atoms with Crippen LogP contribution in [-0.4, -0.2) is 35.0 Å². The molecule has 0 spiro atoms. The van der Waals surface area contributed by atoms with Crippen LogP contribution in [0.25, 0.3) is 0 Å². The first-order chi connectivity index (χ1) is 24.3. The van der Waals surface area contributed by atoms with E-state index >= 15 is 0 Å². The van der Waals surface area contributed by atoms with E-state index in [2.05, 4.69) is 0 Å². The molecule has 4 aromatic rings. The molecule has 0 aromatic heterocycles. The molecule has 0 bridgehead atoms. The lowest BCUT2D eigenvalue weighted by atomic mass is 10.1. The number of nitro groups is 2. The maximum Gasteiger partial charge on any atom is 0.416 e. The van der Waals surface area contributed by atoms with Gasteiger partial charge in [0.2, 0.25) is 0 Å². The van der Waals surface area contributed by atoms with Crippen LogP contribution >= 0.6 is 23.2 Å². The van der Waals surface area contributed by atoms with Gasteiger partial charge in [0.15, 0.2) is 0 Å². The molecule has 20 heteroatoms. The summed E-state index contributed by atoms with van der Waals surface area (Å²) in [6.07, 6.45) is -7.02. The number of benzene rings is 4. The van der Waals surface area contributed by atoms with E-state index in [1.807, 2.05) is 0 Å². The molecular formula is C32H18Cl2F6N2O10. The molecule has 0 saturated carbocycles. The molecule has 4 rings (SSSR count). The molecule has 0 aliphatic carbocycles. The Labute approximate surface area is 297 Å². The van der Waals surface area contributed by atoms with E-state index in [1.54, 1.807) is 0 Å². The predicted octanol–water partition coefficient (Wildman–Crippen LogP) is 10.0. The van der Waals surface area contributed by atoms with E-state index in [-0.39, 0.29) is 23.0 Å². The Balaban J connectivity index is 1.38. The monoisotopic (exact) mass is 774 g/mol. The van der Waals surface area contributed by atoms with Gasteiger partial charge in [-0.15, -0.1) is 0 Å². The number of ether oxygens (including phenoxy) is 4. The van der Waals surface area contributed by atoms with Crippen molar-refractivity contribution >= 4 is 46.5 Å². The maximum absolute atomic E-state index is 12.9. The second-order valence-corrected chi connectivity index (χ2v) is 10.8. The van der Waals surface area contributed by atoms with Gasteiger partial charge >= 0.3 is 24.3 Å². The minimum atomic E-state index is -4.68. The summed E-state index contributed by atoms with van der Waals surface area (Å²) in [4.78, 5) is 46.6. The van der Waals surface area contributed by atoms with Crippen molar-refractivity contribution in [3.8, 4) is 23.0 Å². The zero-order valence-electron chi connectivity index (χ0n) is 25.5. The van der Waals surface area contributed by atoms with E-state index in [0.29, 0.717) is 24.3 Å². The van der Waals surface area contributed by atoms with Gasteiger partial charge in [0.1, 0.15) is 47.3 Å². The van der Waals surface area contributed by atoms with Crippen LogP contribution < -0.4 is 9.47 Å². The Morgan fingerprint density at radius 2 is 0.981 bits per heavy atom. The van der Waals surface area contributed by atoms with Crippen molar-refractivity contribution in [1.29, 1.82) is 0 Å². The summed E-state index contributed by atoms with van der Waals surface area (Å²) >= 11 is 11.8. The van der Waals surface area contributed by atoms with Crippen LogP contribution in [0, 0.1) is 20.2 Å². The molecule has 272 valence electrons. The van der Waals surface area contributed by atoms with Gasteiger partial charge in [0, 0.05) is 24.3 Å². The van der Waals surface area contributed by atoms with Gasteiger partial charge < -0.3 is 18.9 Å². The fourth-order valence-corrected chi connectivity index (χ4v) is 4.55. The first-order valence-corrected chi connectivity index (χ1v) is 14.8. The second kappa shape index (κ2) is 16.0. The van der Waals surface area contributed by atoms with Crippen molar-refractivity contribution in [2.45, 2.75) is 12.4 Å².